The minimum absolute atomic E-state index is 0.0776. The van der Waals surface area contributed by atoms with E-state index >= 15 is 0 Å². The van der Waals surface area contributed by atoms with Crippen LogP contribution in [0.15, 0.2) is 0 Å². The summed E-state index contributed by atoms with van der Waals surface area (Å²) in [6.45, 7) is 5.87. The van der Waals surface area contributed by atoms with Crippen LogP contribution in [0.3, 0.4) is 0 Å². The molecule has 0 atom stereocenters. The molecule has 1 aliphatic carbocycles. The second-order valence-corrected chi connectivity index (χ2v) is 4.81. The van der Waals surface area contributed by atoms with Gasteiger partial charge >= 0.3 is 0 Å². The van der Waals surface area contributed by atoms with Crippen LogP contribution in [0.1, 0.15) is 26.7 Å². The van der Waals surface area contributed by atoms with Gasteiger partial charge in [-0.1, -0.05) is 0 Å². The van der Waals surface area contributed by atoms with Crippen molar-refractivity contribution in [3.05, 3.63) is 0 Å². The Balaban J connectivity index is 2.00. The van der Waals surface area contributed by atoms with Crippen LogP contribution in [-0.2, 0) is 9.53 Å². The summed E-state index contributed by atoms with van der Waals surface area (Å²) >= 11 is 0. The molecule has 0 bridgehead atoms. The smallest absolute Gasteiger partial charge is 0.233 e. The first-order valence-electron chi connectivity index (χ1n) is 5.56. The monoisotopic (exact) mass is 214 g/mol. The lowest BCUT2D eigenvalue weighted by Gasteiger charge is -2.22. The van der Waals surface area contributed by atoms with Crippen molar-refractivity contribution in [2.75, 3.05) is 26.7 Å². The van der Waals surface area contributed by atoms with Crippen LogP contribution in [-0.4, -0.2) is 38.3 Å². The minimum Gasteiger partial charge on any atom is -0.377 e. The van der Waals surface area contributed by atoms with Gasteiger partial charge < -0.3 is 15.4 Å². The quantitative estimate of drug-likeness (QED) is 0.650. The molecule has 0 saturated heterocycles. The van der Waals surface area contributed by atoms with E-state index in [1.54, 1.807) is 7.11 Å². The summed E-state index contributed by atoms with van der Waals surface area (Å²) in [7, 11) is 1.68. The first-order chi connectivity index (χ1) is 7.03. The van der Waals surface area contributed by atoms with Crippen molar-refractivity contribution in [2.45, 2.75) is 32.3 Å². The molecule has 1 aliphatic rings. The average molecular weight is 214 g/mol. The van der Waals surface area contributed by atoms with E-state index in [1.807, 2.05) is 13.8 Å². The average Bonchev–Trinajstić information content (AvgIpc) is 2.98. The molecule has 1 saturated carbocycles. The molecule has 0 radical (unpaired) electrons. The van der Waals surface area contributed by atoms with Gasteiger partial charge in [-0.05, 0) is 32.6 Å². The van der Waals surface area contributed by atoms with Crippen molar-refractivity contribution in [2.24, 2.45) is 5.92 Å². The fourth-order valence-electron chi connectivity index (χ4n) is 1.19. The molecule has 1 amide bonds. The fourth-order valence-corrected chi connectivity index (χ4v) is 1.19. The maximum absolute atomic E-state index is 11.3. The van der Waals surface area contributed by atoms with Crippen LogP contribution in [0, 0.1) is 5.92 Å². The van der Waals surface area contributed by atoms with Crippen LogP contribution in [0.25, 0.3) is 0 Å². The fraction of sp³-hybridized carbons (Fsp3) is 0.909. The normalized spacial score (nSPS) is 16.5. The molecule has 1 rings (SSSR count). The van der Waals surface area contributed by atoms with Gasteiger partial charge in [0.05, 0.1) is 12.1 Å². The standard InChI is InChI=1S/C11H22N2O2/c1-11(2,15-3)8-12-7-10(14)13-6-9-4-5-9/h9,12H,4-8H2,1-3H3,(H,13,14). The second-order valence-electron chi connectivity index (χ2n) is 4.81. The molecule has 0 heterocycles. The third kappa shape index (κ3) is 5.74. The molecule has 0 aromatic heterocycles. The summed E-state index contributed by atoms with van der Waals surface area (Å²) in [5.41, 5.74) is -0.212. The summed E-state index contributed by atoms with van der Waals surface area (Å²) in [5, 5.41) is 5.99. The number of ether oxygens (including phenoxy) is 1. The molecule has 0 spiro atoms. The van der Waals surface area contributed by atoms with Gasteiger partial charge in [0.2, 0.25) is 5.91 Å². The van der Waals surface area contributed by atoms with E-state index < -0.39 is 0 Å². The first-order valence-corrected chi connectivity index (χ1v) is 5.56. The zero-order chi connectivity index (χ0) is 11.3. The molecule has 4 nitrogen and oxygen atoms in total. The van der Waals surface area contributed by atoms with Crippen LogP contribution < -0.4 is 10.6 Å². The van der Waals surface area contributed by atoms with Crippen LogP contribution in [0.5, 0.6) is 0 Å². The van der Waals surface area contributed by atoms with Crippen molar-refractivity contribution >= 4 is 5.91 Å². The lowest BCUT2D eigenvalue weighted by Crippen LogP contribution is -2.42. The lowest BCUT2D eigenvalue weighted by atomic mass is 10.1. The van der Waals surface area contributed by atoms with Gasteiger partial charge in [-0.3, -0.25) is 4.79 Å². The number of methoxy groups -OCH3 is 1. The van der Waals surface area contributed by atoms with E-state index in [4.69, 9.17) is 4.74 Å². The summed E-state index contributed by atoms with van der Waals surface area (Å²) in [6.07, 6.45) is 2.54. The zero-order valence-electron chi connectivity index (χ0n) is 9.93. The predicted molar refractivity (Wildman–Crippen MR) is 59.7 cm³/mol. The largest absolute Gasteiger partial charge is 0.377 e. The SMILES string of the molecule is COC(C)(C)CNCC(=O)NCC1CC1. The number of nitrogens with one attached hydrogen (secondary N) is 2. The molecular weight excluding hydrogens is 192 g/mol. The third-order valence-corrected chi connectivity index (χ3v) is 2.67. The minimum atomic E-state index is -0.212. The van der Waals surface area contributed by atoms with Crippen LogP contribution >= 0.6 is 0 Å². The van der Waals surface area contributed by atoms with E-state index in [-0.39, 0.29) is 11.5 Å². The molecule has 0 aliphatic heterocycles. The number of hydrogen-bond donors (Lipinski definition) is 2. The number of rotatable bonds is 7. The summed E-state index contributed by atoms with van der Waals surface area (Å²) in [5.74, 6) is 0.818. The Kier molecular flexibility index (Phi) is 4.54. The van der Waals surface area contributed by atoms with E-state index in [2.05, 4.69) is 10.6 Å². The highest BCUT2D eigenvalue weighted by Gasteiger charge is 2.21. The highest BCUT2D eigenvalue weighted by Crippen LogP contribution is 2.27. The lowest BCUT2D eigenvalue weighted by molar-refractivity contribution is -0.120. The van der Waals surface area contributed by atoms with Crippen molar-refractivity contribution in [1.82, 2.24) is 10.6 Å². The molecule has 88 valence electrons. The Morgan fingerprint density at radius 2 is 2.13 bits per heavy atom. The maximum atomic E-state index is 11.3. The van der Waals surface area contributed by atoms with E-state index in [9.17, 15) is 4.79 Å². The Bertz CT molecular complexity index is 213. The molecule has 4 heteroatoms. The number of hydrogen-bond acceptors (Lipinski definition) is 3. The third-order valence-electron chi connectivity index (χ3n) is 2.67. The molecule has 15 heavy (non-hydrogen) atoms. The Morgan fingerprint density at radius 3 is 2.67 bits per heavy atom. The Morgan fingerprint density at radius 1 is 1.47 bits per heavy atom. The van der Waals surface area contributed by atoms with E-state index in [0.29, 0.717) is 13.1 Å². The van der Waals surface area contributed by atoms with Crippen molar-refractivity contribution in [3.63, 3.8) is 0 Å². The molecule has 2 N–H and O–H groups in total. The van der Waals surface area contributed by atoms with Gasteiger partial charge in [-0.15, -0.1) is 0 Å². The van der Waals surface area contributed by atoms with Gasteiger partial charge in [-0.2, -0.15) is 0 Å². The number of carbonyl (C=O) groups is 1. The molecular formula is C11H22N2O2. The molecule has 0 unspecified atom stereocenters. The van der Waals surface area contributed by atoms with Crippen LogP contribution in [0.2, 0.25) is 0 Å². The van der Waals surface area contributed by atoms with Crippen molar-refractivity contribution in [1.29, 1.82) is 0 Å². The van der Waals surface area contributed by atoms with Gasteiger partial charge in [0, 0.05) is 20.2 Å². The summed E-state index contributed by atoms with van der Waals surface area (Å²) < 4.78 is 5.23. The first kappa shape index (κ1) is 12.5. The highest BCUT2D eigenvalue weighted by atomic mass is 16.5. The number of amides is 1. The Labute approximate surface area is 91.8 Å². The van der Waals surface area contributed by atoms with E-state index in [0.717, 1.165) is 12.5 Å². The van der Waals surface area contributed by atoms with Gasteiger partial charge in [-0.25, -0.2) is 0 Å². The number of carbonyl (C=O) groups excluding carboxylic acids is 1. The molecule has 0 aromatic carbocycles. The van der Waals surface area contributed by atoms with Gasteiger partial charge in [0.15, 0.2) is 0 Å². The van der Waals surface area contributed by atoms with Gasteiger partial charge in [0.25, 0.3) is 0 Å². The summed E-state index contributed by atoms with van der Waals surface area (Å²) in [4.78, 5) is 11.3. The molecule has 0 aromatic rings. The topological polar surface area (TPSA) is 50.4 Å². The van der Waals surface area contributed by atoms with Crippen molar-refractivity contribution < 1.29 is 9.53 Å². The zero-order valence-corrected chi connectivity index (χ0v) is 9.93. The maximum Gasteiger partial charge on any atom is 0.233 e. The molecule has 1 fully saturated rings. The van der Waals surface area contributed by atoms with Crippen molar-refractivity contribution in [3.8, 4) is 0 Å². The second kappa shape index (κ2) is 5.47. The highest BCUT2D eigenvalue weighted by molar-refractivity contribution is 5.77. The predicted octanol–water partition coefficient (Wildman–Crippen LogP) is 0.527. The van der Waals surface area contributed by atoms with E-state index in [1.165, 1.54) is 12.8 Å². The van der Waals surface area contributed by atoms with Crippen LogP contribution in [0.4, 0.5) is 0 Å². The Hall–Kier alpha value is -0.610. The summed E-state index contributed by atoms with van der Waals surface area (Å²) in [6, 6.07) is 0. The van der Waals surface area contributed by atoms with Gasteiger partial charge in [0.1, 0.15) is 0 Å².